The summed E-state index contributed by atoms with van der Waals surface area (Å²) in [5.74, 6) is 1.62. The first kappa shape index (κ1) is 24.6. The zero-order valence-electron chi connectivity index (χ0n) is 22.1. The van der Waals surface area contributed by atoms with E-state index in [1.807, 2.05) is 35.9 Å². The summed E-state index contributed by atoms with van der Waals surface area (Å²) in [6.07, 6.45) is 5.78. The molecule has 6 rings (SSSR count). The molecular formula is C29H35N7O2. The molecule has 2 aliphatic rings. The zero-order valence-corrected chi connectivity index (χ0v) is 22.1. The monoisotopic (exact) mass is 513 g/mol. The topological polar surface area (TPSA) is 92.2 Å². The van der Waals surface area contributed by atoms with E-state index in [0.717, 1.165) is 67.1 Å². The Labute approximate surface area is 222 Å². The molecule has 1 unspecified atom stereocenters. The van der Waals surface area contributed by atoms with Crippen molar-refractivity contribution in [2.45, 2.75) is 51.1 Å². The first-order valence-corrected chi connectivity index (χ1v) is 13.6. The van der Waals surface area contributed by atoms with E-state index >= 15 is 0 Å². The van der Waals surface area contributed by atoms with Gasteiger partial charge in [-0.2, -0.15) is 0 Å². The molecule has 198 valence electrons. The Morgan fingerprint density at radius 3 is 2.47 bits per heavy atom. The van der Waals surface area contributed by atoms with Gasteiger partial charge in [-0.05, 0) is 77.5 Å². The number of aromatic nitrogens is 5. The van der Waals surface area contributed by atoms with E-state index in [0.29, 0.717) is 5.56 Å². The van der Waals surface area contributed by atoms with Crippen LogP contribution in [0.1, 0.15) is 61.1 Å². The van der Waals surface area contributed by atoms with Gasteiger partial charge in [-0.25, -0.2) is 4.68 Å². The number of aryl methyl sites for hydroxylation is 1. The molecule has 1 N–H and O–H groups in total. The number of benzene rings is 2. The van der Waals surface area contributed by atoms with E-state index < -0.39 is 0 Å². The van der Waals surface area contributed by atoms with E-state index in [4.69, 9.17) is 4.74 Å². The van der Waals surface area contributed by atoms with Gasteiger partial charge >= 0.3 is 0 Å². The maximum Gasteiger partial charge on any atom is 0.253 e. The van der Waals surface area contributed by atoms with Crippen LogP contribution in [0.2, 0.25) is 0 Å². The zero-order chi connectivity index (χ0) is 26.1. The van der Waals surface area contributed by atoms with Crippen LogP contribution in [0.4, 0.5) is 5.69 Å². The molecule has 38 heavy (non-hydrogen) atoms. The summed E-state index contributed by atoms with van der Waals surface area (Å²) >= 11 is 0. The van der Waals surface area contributed by atoms with Gasteiger partial charge in [-0.1, -0.05) is 31.4 Å². The first-order chi connectivity index (χ1) is 18.6. The van der Waals surface area contributed by atoms with E-state index in [2.05, 4.69) is 54.6 Å². The van der Waals surface area contributed by atoms with Gasteiger partial charge in [0.2, 0.25) is 0 Å². The number of nitrogens with zero attached hydrogens (tertiary/aromatic N) is 6. The molecule has 2 fully saturated rings. The minimum absolute atomic E-state index is 0.0797. The third-order valence-electron chi connectivity index (χ3n) is 8.13. The lowest BCUT2D eigenvalue weighted by Crippen LogP contribution is -2.49. The molecule has 1 saturated carbocycles. The van der Waals surface area contributed by atoms with E-state index in [9.17, 15) is 4.79 Å². The highest BCUT2D eigenvalue weighted by atomic mass is 16.5. The minimum atomic E-state index is -0.320. The van der Waals surface area contributed by atoms with Crippen LogP contribution in [0.25, 0.3) is 10.9 Å². The van der Waals surface area contributed by atoms with E-state index in [1.54, 1.807) is 7.11 Å². The van der Waals surface area contributed by atoms with Gasteiger partial charge < -0.3 is 14.6 Å². The average Bonchev–Trinajstić information content (AvgIpc) is 3.44. The van der Waals surface area contributed by atoms with Crippen LogP contribution in [0, 0.1) is 6.92 Å². The normalized spacial score (nSPS) is 18.1. The van der Waals surface area contributed by atoms with Crippen LogP contribution in [0.5, 0.6) is 5.75 Å². The smallest absolute Gasteiger partial charge is 0.253 e. The molecule has 1 atom stereocenters. The van der Waals surface area contributed by atoms with Crippen LogP contribution in [-0.2, 0) is 0 Å². The molecule has 0 bridgehead atoms. The second-order valence-electron chi connectivity index (χ2n) is 10.5. The molecule has 0 spiro atoms. The van der Waals surface area contributed by atoms with E-state index in [-0.39, 0.29) is 17.6 Å². The van der Waals surface area contributed by atoms with Gasteiger partial charge in [-0.15, -0.1) is 5.10 Å². The predicted molar refractivity (Wildman–Crippen MR) is 148 cm³/mol. The molecular weight excluding hydrogens is 478 g/mol. The molecule has 1 aliphatic carbocycles. The fourth-order valence-corrected chi connectivity index (χ4v) is 6.03. The maximum absolute atomic E-state index is 13.6. The minimum Gasteiger partial charge on any atom is -0.497 e. The Bertz CT molecular complexity index is 1450. The number of pyridine rings is 1. The number of tetrazole rings is 1. The van der Waals surface area contributed by atoms with Gasteiger partial charge in [-0.3, -0.25) is 9.69 Å². The number of aromatic amines is 1. The number of H-pyrrole nitrogens is 1. The quantitative estimate of drug-likeness (QED) is 0.412. The van der Waals surface area contributed by atoms with Crippen LogP contribution >= 0.6 is 0 Å². The summed E-state index contributed by atoms with van der Waals surface area (Å²) in [6, 6.07) is 16.4. The van der Waals surface area contributed by atoms with Crippen molar-refractivity contribution in [1.82, 2.24) is 30.1 Å². The molecule has 1 aliphatic heterocycles. The van der Waals surface area contributed by atoms with Gasteiger partial charge in [0.15, 0.2) is 5.82 Å². The second-order valence-corrected chi connectivity index (χ2v) is 10.5. The van der Waals surface area contributed by atoms with Crippen molar-refractivity contribution in [2.24, 2.45) is 0 Å². The Hall–Kier alpha value is -3.72. The number of fused-ring (bicyclic) bond motifs is 1. The summed E-state index contributed by atoms with van der Waals surface area (Å²) < 4.78 is 7.34. The number of anilines is 1. The molecule has 1 saturated heterocycles. The third-order valence-corrected chi connectivity index (χ3v) is 8.13. The van der Waals surface area contributed by atoms with Crippen LogP contribution in [0.15, 0.2) is 53.3 Å². The van der Waals surface area contributed by atoms with Gasteiger partial charge in [0.1, 0.15) is 11.8 Å². The third kappa shape index (κ3) is 4.78. The fourth-order valence-electron chi connectivity index (χ4n) is 6.03. The molecule has 0 radical (unpaired) electrons. The van der Waals surface area contributed by atoms with Crippen molar-refractivity contribution in [3.05, 3.63) is 75.8 Å². The van der Waals surface area contributed by atoms with E-state index in [1.165, 1.54) is 24.9 Å². The van der Waals surface area contributed by atoms with Crippen molar-refractivity contribution < 1.29 is 4.74 Å². The fraction of sp³-hybridized carbons (Fsp3) is 0.448. The number of hydrogen-bond donors (Lipinski definition) is 1. The maximum atomic E-state index is 13.6. The lowest BCUT2D eigenvalue weighted by Gasteiger charge is -2.40. The number of methoxy groups -OCH3 is 1. The second kappa shape index (κ2) is 10.6. The van der Waals surface area contributed by atoms with Gasteiger partial charge in [0, 0.05) is 42.9 Å². The lowest BCUT2D eigenvalue weighted by molar-refractivity contribution is 0.192. The highest BCUT2D eigenvalue weighted by Crippen LogP contribution is 2.34. The molecule has 9 heteroatoms. The van der Waals surface area contributed by atoms with Gasteiger partial charge in [0.05, 0.1) is 13.2 Å². The van der Waals surface area contributed by atoms with Crippen LogP contribution in [-0.4, -0.2) is 63.4 Å². The SMILES string of the molecule is COc1ccc(N2CCN(C(c3cc4ccc(C)cc4[nH]c3=O)c3nnnn3C3CCCCC3)CC2)cc1. The number of rotatable bonds is 6. The van der Waals surface area contributed by atoms with Crippen molar-refractivity contribution in [2.75, 3.05) is 38.2 Å². The van der Waals surface area contributed by atoms with Crippen LogP contribution in [0.3, 0.4) is 0 Å². The predicted octanol–water partition coefficient (Wildman–Crippen LogP) is 4.25. The summed E-state index contributed by atoms with van der Waals surface area (Å²) in [4.78, 5) is 21.5. The molecule has 2 aromatic carbocycles. The van der Waals surface area contributed by atoms with Crippen molar-refractivity contribution in [1.29, 1.82) is 0 Å². The summed E-state index contributed by atoms with van der Waals surface area (Å²) in [6.45, 7) is 5.31. The summed E-state index contributed by atoms with van der Waals surface area (Å²) in [7, 11) is 1.69. The summed E-state index contributed by atoms with van der Waals surface area (Å²) in [5, 5.41) is 14.2. The Kier molecular flexibility index (Phi) is 6.84. The Balaban J connectivity index is 1.36. The number of nitrogens with one attached hydrogen (secondary N) is 1. The number of ether oxygens (including phenoxy) is 1. The average molecular weight is 514 g/mol. The molecule has 3 heterocycles. The Morgan fingerprint density at radius 1 is 0.974 bits per heavy atom. The van der Waals surface area contributed by atoms with Crippen molar-refractivity contribution in [3.8, 4) is 5.75 Å². The summed E-state index contributed by atoms with van der Waals surface area (Å²) in [5.41, 5.74) is 3.77. The standard InChI is InChI=1S/C29H35N7O2/c1-20-8-9-21-19-25(29(37)30-26(21)18-20)27(28-31-32-33-36(28)23-6-4-3-5-7-23)35-16-14-34(15-17-35)22-10-12-24(38-2)13-11-22/h8-13,18-19,23,27H,3-7,14-17H2,1-2H3,(H,30,37). The molecule has 4 aromatic rings. The highest BCUT2D eigenvalue weighted by Gasteiger charge is 2.34. The highest BCUT2D eigenvalue weighted by molar-refractivity contribution is 5.79. The first-order valence-electron chi connectivity index (χ1n) is 13.6. The van der Waals surface area contributed by atoms with Crippen LogP contribution < -0.4 is 15.2 Å². The van der Waals surface area contributed by atoms with Crippen molar-refractivity contribution >= 4 is 16.6 Å². The molecule has 2 aromatic heterocycles. The molecule has 0 amide bonds. The number of hydrogen-bond acceptors (Lipinski definition) is 7. The lowest BCUT2D eigenvalue weighted by atomic mass is 9.95. The molecule has 9 nitrogen and oxygen atoms in total. The largest absolute Gasteiger partial charge is 0.497 e. The number of piperazine rings is 1. The van der Waals surface area contributed by atoms with Crippen molar-refractivity contribution in [3.63, 3.8) is 0 Å². The Morgan fingerprint density at radius 2 is 1.74 bits per heavy atom. The van der Waals surface area contributed by atoms with Gasteiger partial charge in [0.25, 0.3) is 5.56 Å².